The van der Waals surface area contributed by atoms with Gasteiger partial charge in [0, 0.05) is 13.0 Å². The minimum absolute atomic E-state index is 0.429. The van der Waals surface area contributed by atoms with E-state index in [0.29, 0.717) is 18.9 Å². The predicted molar refractivity (Wildman–Crippen MR) is 60.6 cm³/mol. The van der Waals surface area contributed by atoms with Crippen molar-refractivity contribution in [1.29, 1.82) is 0 Å². The number of carbonyl (C=O) groups excluding carboxylic acids is 1. The highest BCUT2D eigenvalue weighted by molar-refractivity contribution is 5.49. The van der Waals surface area contributed by atoms with Gasteiger partial charge in [0.1, 0.15) is 6.29 Å². The molecule has 2 heteroatoms. The largest absolute Gasteiger partial charge is 0.377 e. The Labute approximate surface area is 91.3 Å². The fourth-order valence-electron chi connectivity index (χ4n) is 1.33. The van der Waals surface area contributed by atoms with Gasteiger partial charge < -0.3 is 9.53 Å². The van der Waals surface area contributed by atoms with Crippen molar-refractivity contribution in [3.05, 3.63) is 35.9 Å². The lowest BCUT2D eigenvalue weighted by Crippen LogP contribution is -2.02. The lowest BCUT2D eigenvalue weighted by Gasteiger charge is -2.08. The third-order valence-corrected chi connectivity index (χ3v) is 2.37. The van der Waals surface area contributed by atoms with Gasteiger partial charge in [-0.05, 0) is 17.9 Å². The van der Waals surface area contributed by atoms with E-state index < -0.39 is 0 Å². The molecular weight excluding hydrogens is 188 g/mol. The van der Waals surface area contributed by atoms with Crippen LogP contribution in [0, 0.1) is 5.92 Å². The summed E-state index contributed by atoms with van der Waals surface area (Å²) in [6.07, 6.45) is 2.56. The van der Waals surface area contributed by atoms with E-state index in [4.69, 9.17) is 4.74 Å². The van der Waals surface area contributed by atoms with Gasteiger partial charge in [0.05, 0.1) is 6.61 Å². The normalized spacial score (nSPS) is 12.3. The van der Waals surface area contributed by atoms with Crippen molar-refractivity contribution in [3.63, 3.8) is 0 Å². The molecule has 0 radical (unpaired) electrons. The Hall–Kier alpha value is -1.15. The molecule has 0 saturated carbocycles. The number of hydrogen-bond donors (Lipinski definition) is 0. The van der Waals surface area contributed by atoms with Crippen LogP contribution in [-0.2, 0) is 16.1 Å². The Bertz CT molecular complexity index is 269. The molecule has 2 nitrogen and oxygen atoms in total. The number of hydrogen-bond acceptors (Lipinski definition) is 2. The second kappa shape index (κ2) is 7.18. The van der Waals surface area contributed by atoms with Gasteiger partial charge in [0.2, 0.25) is 0 Å². The maximum atomic E-state index is 10.2. The summed E-state index contributed by atoms with van der Waals surface area (Å²) in [7, 11) is 0. The van der Waals surface area contributed by atoms with E-state index in [9.17, 15) is 4.79 Å². The van der Waals surface area contributed by atoms with Crippen molar-refractivity contribution in [1.82, 2.24) is 0 Å². The Balaban J connectivity index is 2.09. The molecule has 1 aromatic carbocycles. The number of carbonyl (C=O) groups is 1. The molecule has 1 rings (SSSR count). The summed E-state index contributed by atoms with van der Waals surface area (Å²) in [6.45, 7) is 3.46. The molecule has 0 bridgehead atoms. The molecule has 0 amide bonds. The Morgan fingerprint density at radius 2 is 2.07 bits per heavy atom. The van der Waals surface area contributed by atoms with Crippen molar-refractivity contribution in [2.45, 2.75) is 26.4 Å². The molecule has 82 valence electrons. The first-order valence-electron chi connectivity index (χ1n) is 5.38. The summed E-state index contributed by atoms with van der Waals surface area (Å²) in [4.78, 5) is 10.2. The minimum atomic E-state index is 0.429. The zero-order valence-corrected chi connectivity index (χ0v) is 9.19. The summed E-state index contributed by atoms with van der Waals surface area (Å²) in [5.41, 5.74) is 1.19. The lowest BCUT2D eigenvalue weighted by atomic mass is 10.1. The maximum absolute atomic E-state index is 10.2. The first-order chi connectivity index (χ1) is 7.33. The first kappa shape index (κ1) is 11.9. The summed E-state index contributed by atoms with van der Waals surface area (Å²) >= 11 is 0. The summed E-state index contributed by atoms with van der Waals surface area (Å²) in [5.74, 6) is 0.429. The van der Waals surface area contributed by atoms with Crippen LogP contribution in [0.1, 0.15) is 25.3 Å². The summed E-state index contributed by atoms with van der Waals surface area (Å²) in [5, 5.41) is 0. The molecule has 1 atom stereocenters. The SMILES string of the molecule is C[C@@H](CC=O)CCOCc1ccccc1. The van der Waals surface area contributed by atoms with Crippen LogP contribution in [0.3, 0.4) is 0 Å². The van der Waals surface area contributed by atoms with Crippen molar-refractivity contribution in [2.24, 2.45) is 5.92 Å². The predicted octanol–water partition coefficient (Wildman–Crippen LogP) is 2.82. The van der Waals surface area contributed by atoms with Crippen LogP contribution in [0.4, 0.5) is 0 Å². The highest BCUT2D eigenvalue weighted by Gasteiger charge is 2.00. The third kappa shape index (κ3) is 5.33. The standard InChI is InChI=1S/C13H18O2/c1-12(7-9-14)8-10-15-11-13-5-3-2-4-6-13/h2-6,9,12H,7-8,10-11H2,1H3/t12-/m0/s1. The highest BCUT2D eigenvalue weighted by Crippen LogP contribution is 2.07. The van der Waals surface area contributed by atoms with Gasteiger partial charge in [0.25, 0.3) is 0 Å². The van der Waals surface area contributed by atoms with Gasteiger partial charge in [-0.15, -0.1) is 0 Å². The van der Waals surface area contributed by atoms with Crippen LogP contribution < -0.4 is 0 Å². The van der Waals surface area contributed by atoms with E-state index >= 15 is 0 Å². The quantitative estimate of drug-likeness (QED) is 0.506. The average Bonchev–Trinajstić information content (AvgIpc) is 2.26. The van der Waals surface area contributed by atoms with Crippen LogP contribution in [-0.4, -0.2) is 12.9 Å². The second-order valence-corrected chi connectivity index (χ2v) is 3.83. The van der Waals surface area contributed by atoms with Crippen LogP contribution in [0.2, 0.25) is 0 Å². The molecule has 1 aromatic rings. The summed E-state index contributed by atoms with van der Waals surface area (Å²) < 4.78 is 5.52. The van der Waals surface area contributed by atoms with Crippen LogP contribution in [0.25, 0.3) is 0 Å². The van der Waals surface area contributed by atoms with Gasteiger partial charge in [0.15, 0.2) is 0 Å². The topological polar surface area (TPSA) is 26.3 Å². The molecule has 0 saturated heterocycles. The molecule has 0 N–H and O–H groups in total. The van der Waals surface area contributed by atoms with E-state index in [1.165, 1.54) is 5.56 Å². The fraction of sp³-hybridized carbons (Fsp3) is 0.462. The molecule has 0 aromatic heterocycles. The third-order valence-electron chi connectivity index (χ3n) is 2.37. The van der Waals surface area contributed by atoms with Crippen LogP contribution in [0.15, 0.2) is 30.3 Å². The van der Waals surface area contributed by atoms with E-state index in [1.807, 2.05) is 18.2 Å². The van der Waals surface area contributed by atoms with Gasteiger partial charge in [-0.2, -0.15) is 0 Å². The molecular formula is C13H18O2. The number of aldehydes is 1. The smallest absolute Gasteiger partial charge is 0.120 e. The van der Waals surface area contributed by atoms with Gasteiger partial charge >= 0.3 is 0 Å². The maximum Gasteiger partial charge on any atom is 0.120 e. The van der Waals surface area contributed by atoms with Crippen LogP contribution >= 0.6 is 0 Å². The van der Waals surface area contributed by atoms with Crippen molar-refractivity contribution >= 4 is 6.29 Å². The molecule has 0 aliphatic heterocycles. The fourth-order valence-corrected chi connectivity index (χ4v) is 1.33. The Kier molecular flexibility index (Phi) is 5.71. The Morgan fingerprint density at radius 1 is 1.33 bits per heavy atom. The van der Waals surface area contributed by atoms with Gasteiger partial charge in [-0.25, -0.2) is 0 Å². The minimum Gasteiger partial charge on any atom is -0.377 e. The van der Waals surface area contributed by atoms with Crippen molar-refractivity contribution in [3.8, 4) is 0 Å². The number of benzene rings is 1. The molecule has 0 heterocycles. The first-order valence-corrected chi connectivity index (χ1v) is 5.38. The van der Waals surface area contributed by atoms with Crippen molar-refractivity contribution < 1.29 is 9.53 Å². The number of ether oxygens (including phenoxy) is 1. The Morgan fingerprint density at radius 3 is 2.73 bits per heavy atom. The lowest BCUT2D eigenvalue weighted by molar-refractivity contribution is -0.108. The second-order valence-electron chi connectivity index (χ2n) is 3.83. The van der Waals surface area contributed by atoms with E-state index in [-0.39, 0.29) is 0 Å². The van der Waals surface area contributed by atoms with Gasteiger partial charge in [-0.1, -0.05) is 37.3 Å². The zero-order chi connectivity index (χ0) is 10.9. The number of rotatable bonds is 7. The van der Waals surface area contributed by atoms with E-state index in [0.717, 1.165) is 19.3 Å². The average molecular weight is 206 g/mol. The molecule has 0 fully saturated rings. The van der Waals surface area contributed by atoms with E-state index in [1.54, 1.807) is 0 Å². The molecule has 15 heavy (non-hydrogen) atoms. The van der Waals surface area contributed by atoms with E-state index in [2.05, 4.69) is 19.1 Å². The molecule has 0 aliphatic carbocycles. The highest BCUT2D eigenvalue weighted by atomic mass is 16.5. The molecule has 0 unspecified atom stereocenters. The summed E-state index contributed by atoms with van der Waals surface area (Å²) in [6, 6.07) is 10.1. The zero-order valence-electron chi connectivity index (χ0n) is 9.19. The molecule has 0 aliphatic rings. The molecule has 0 spiro atoms. The van der Waals surface area contributed by atoms with Crippen LogP contribution in [0.5, 0.6) is 0 Å². The monoisotopic (exact) mass is 206 g/mol. The van der Waals surface area contributed by atoms with Gasteiger partial charge in [-0.3, -0.25) is 0 Å². The van der Waals surface area contributed by atoms with Crippen molar-refractivity contribution in [2.75, 3.05) is 6.61 Å².